The van der Waals surface area contributed by atoms with E-state index in [1.807, 2.05) is 36.4 Å². The SMILES string of the molecule is O=C(OCC1CCN(CCCCCCCCCNCC(O)c2ccc(O)c3[nH]c(=O)ccc23)CC1)C(O)(c1ccccc1)c1ccccc1. The number of aromatic hydroxyl groups is 1. The van der Waals surface area contributed by atoms with Crippen molar-refractivity contribution < 1.29 is 24.9 Å². The van der Waals surface area contributed by atoms with Crippen molar-refractivity contribution in [2.75, 3.05) is 39.3 Å². The number of aromatic nitrogens is 1. The van der Waals surface area contributed by atoms with Gasteiger partial charge in [0.15, 0.2) is 0 Å². The molecule has 4 aromatic rings. The monoisotopic (exact) mass is 669 g/mol. The first-order chi connectivity index (χ1) is 23.9. The number of unbranched alkanes of at least 4 members (excludes halogenated alkanes) is 6. The first-order valence-corrected chi connectivity index (χ1v) is 17.8. The molecule has 3 aromatic carbocycles. The van der Waals surface area contributed by atoms with Gasteiger partial charge in [0.05, 0.1) is 18.2 Å². The first kappa shape index (κ1) is 36.3. The van der Waals surface area contributed by atoms with E-state index in [1.165, 1.54) is 44.2 Å². The number of phenolic OH excluding ortho intramolecular Hbond substituents is 1. The van der Waals surface area contributed by atoms with Crippen LogP contribution in [0, 0.1) is 5.92 Å². The number of likely N-dealkylation sites (tertiary alicyclic amines) is 1. The van der Waals surface area contributed by atoms with Crippen LogP contribution in [0.3, 0.4) is 0 Å². The van der Waals surface area contributed by atoms with Gasteiger partial charge in [0.1, 0.15) is 5.75 Å². The maximum Gasteiger partial charge on any atom is 0.347 e. The zero-order valence-electron chi connectivity index (χ0n) is 28.4. The molecule has 49 heavy (non-hydrogen) atoms. The van der Waals surface area contributed by atoms with Crippen LogP contribution in [0.4, 0.5) is 0 Å². The van der Waals surface area contributed by atoms with Gasteiger partial charge in [0, 0.05) is 18.0 Å². The average molecular weight is 670 g/mol. The maximum absolute atomic E-state index is 13.3. The number of H-pyrrole nitrogens is 1. The van der Waals surface area contributed by atoms with Crippen molar-refractivity contribution in [2.24, 2.45) is 5.92 Å². The molecule has 1 aliphatic heterocycles. The molecule has 2 heterocycles. The average Bonchev–Trinajstić information content (AvgIpc) is 3.14. The van der Waals surface area contributed by atoms with Crippen LogP contribution in [0.25, 0.3) is 10.9 Å². The number of aliphatic hydroxyl groups is 2. The van der Waals surface area contributed by atoms with Crippen molar-refractivity contribution in [1.29, 1.82) is 0 Å². The highest BCUT2D eigenvalue weighted by Crippen LogP contribution is 2.32. The lowest BCUT2D eigenvalue weighted by molar-refractivity contribution is -0.164. The van der Waals surface area contributed by atoms with E-state index in [-0.39, 0.29) is 11.3 Å². The van der Waals surface area contributed by atoms with Crippen LogP contribution < -0.4 is 10.9 Å². The Hall–Kier alpha value is -4.02. The van der Waals surface area contributed by atoms with Crippen LogP contribution in [0.1, 0.15) is 80.6 Å². The van der Waals surface area contributed by atoms with Crippen molar-refractivity contribution in [2.45, 2.75) is 69.5 Å². The highest BCUT2D eigenvalue weighted by atomic mass is 16.5. The molecule has 0 radical (unpaired) electrons. The third-order valence-electron chi connectivity index (χ3n) is 9.77. The van der Waals surface area contributed by atoms with E-state index in [0.29, 0.717) is 46.7 Å². The number of pyridine rings is 1. The number of hydrogen-bond donors (Lipinski definition) is 5. The topological polar surface area (TPSA) is 135 Å². The Morgan fingerprint density at radius 1 is 0.857 bits per heavy atom. The van der Waals surface area contributed by atoms with Crippen LogP contribution in [-0.4, -0.2) is 70.5 Å². The fraction of sp³-hybridized carbons (Fsp3) is 0.450. The summed E-state index contributed by atoms with van der Waals surface area (Å²) in [6, 6.07) is 24.3. The molecule has 0 aliphatic carbocycles. The van der Waals surface area contributed by atoms with Gasteiger partial charge in [-0.15, -0.1) is 0 Å². The fourth-order valence-electron chi connectivity index (χ4n) is 6.80. The zero-order chi connectivity index (χ0) is 34.5. The molecular weight excluding hydrogens is 618 g/mol. The highest BCUT2D eigenvalue weighted by Gasteiger charge is 2.42. The third kappa shape index (κ3) is 9.79. The van der Waals surface area contributed by atoms with E-state index >= 15 is 0 Å². The molecule has 5 rings (SSSR count). The van der Waals surface area contributed by atoms with Gasteiger partial charge < -0.3 is 35.3 Å². The van der Waals surface area contributed by atoms with Crippen LogP contribution in [-0.2, 0) is 15.1 Å². The number of benzene rings is 3. The molecule has 1 unspecified atom stereocenters. The van der Waals surface area contributed by atoms with E-state index in [0.717, 1.165) is 51.9 Å². The van der Waals surface area contributed by atoms with Crippen LogP contribution in [0.2, 0.25) is 0 Å². The Morgan fingerprint density at radius 3 is 2.12 bits per heavy atom. The molecule has 262 valence electrons. The van der Waals surface area contributed by atoms with Crippen LogP contribution in [0.5, 0.6) is 5.75 Å². The molecule has 1 atom stereocenters. The summed E-state index contributed by atoms with van der Waals surface area (Å²) >= 11 is 0. The van der Waals surface area contributed by atoms with Crippen LogP contribution >= 0.6 is 0 Å². The minimum Gasteiger partial charge on any atom is -0.506 e. The summed E-state index contributed by atoms with van der Waals surface area (Å²) < 4.78 is 5.77. The lowest BCUT2D eigenvalue weighted by atomic mass is 9.86. The molecular formula is C40H51N3O6. The summed E-state index contributed by atoms with van der Waals surface area (Å²) in [6.45, 7) is 4.69. The van der Waals surface area contributed by atoms with Gasteiger partial charge in [-0.3, -0.25) is 4.79 Å². The van der Waals surface area contributed by atoms with Gasteiger partial charge in [-0.2, -0.15) is 0 Å². The van der Waals surface area contributed by atoms with Crippen molar-refractivity contribution >= 4 is 16.9 Å². The summed E-state index contributed by atoms with van der Waals surface area (Å²) in [6.07, 6.45) is 9.53. The number of hydrogen-bond acceptors (Lipinski definition) is 8. The second-order valence-electron chi connectivity index (χ2n) is 13.3. The molecule has 1 aliphatic rings. The highest BCUT2D eigenvalue weighted by molar-refractivity contribution is 5.87. The molecule has 1 aromatic heterocycles. The lowest BCUT2D eigenvalue weighted by Crippen LogP contribution is -2.40. The van der Waals surface area contributed by atoms with Crippen LogP contribution in [0.15, 0.2) is 89.7 Å². The quantitative estimate of drug-likeness (QED) is 0.0665. The molecule has 0 saturated carbocycles. The maximum atomic E-state index is 13.3. The van der Waals surface area contributed by atoms with E-state index in [4.69, 9.17) is 4.74 Å². The molecule has 0 bridgehead atoms. The second kappa shape index (κ2) is 18.1. The van der Waals surface area contributed by atoms with E-state index < -0.39 is 17.7 Å². The Morgan fingerprint density at radius 2 is 1.47 bits per heavy atom. The Balaban J connectivity index is 0.897. The first-order valence-electron chi connectivity index (χ1n) is 17.8. The summed E-state index contributed by atoms with van der Waals surface area (Å²) in [5.74, 6) is -0.330. The molecule has 0 amide bonds. The number of nitrogens with zero attached hydrogens (tertiary/aromatic N) is 1. The summed E-state index contributed by atoms with van der Waals surface area (Å²) in [5.41, 5.74) is -0.0798. The fourth-order valence-corrected chi connectivity index (χ4v) is 6.80. The van der Waals surface area contributed by atoms with Gasteiger partial charge in [0.2, 0.25) is 11.2 Å². The molecule has 9 heteroatoms. The minimum atomic E-state index is -1.83. The lowest BCUT2D eigenvalue weighted by Gasteiger charge is -2.33. The summed E-state index contributed by atoms with van der Waals surface area (Å²) in [7, 11) is 0. The number of ether oxygens (including phenoxy) is 1. The van der Waals surface area contributed by atoms with Gasteiger partial charge in [0.25, 0.3) is 0 Å². The van der Waals surface area contributed by atoms with Gasteiger partial charge >= 0.3 is 5.97 Å². The third-order valence-corrected chi connectivity index (χ3v) is 9.77. The van der Waals surface area contributed by atoms with Crippen molar-refractivity contribution in [3.05, 3.63) is 112 Å². The molecule has 5 N–H and O–H groups in total. The van der Waals surface area contributed by atoms with E-state index in [2.05, 4.69) is 15.2 Å². The number of rotatable bonds is 18. The smallest absolute Gasteiger partial charge is 0.347 e. The van der Waals surface area contributed by atoms with Gasteiger partial charge in [-0.25, -0.2) is 4.79 Å². The largest absolute Gasteiger partial charge is 0.506 e. The molecule has 9 nitrogen and oxygen atoms in total. The number of carbonyl (C=O) groups is 1. The number of esters is 1. The van der Waals surface area contributed by atoms with Crippen molar-refractivity contribution in [3.63, 3.8) is 0 Å². The number of aromatic amines is 1. The predicted molar refractivity (Wildman–Crippen MR) is 192 cm³/mol. The zero-order valence-corrected chi connectivity index (χ0v) is 28.4. The van der Waals surface area contributed by atoms with Crippen molar-refractivity contribution in [1.82, 2.24) is 15.2 Å². The number of aliphatic hydroxyl groups excluding tert-OH is 1. The van der Waals surface area contributed by atoms with Gasteiger partial charge in [-0.05, 0) is 86.6 Å². The second-order valence-corrected chi connectivity index (χ2v) is 13.3. The summed E-state index contributed by atoms with van der Waals surface area (Å²) in [4.78, 5) is 30.1. The number of piperidine rings is 1. The van der Waals surface area contributed by atoms with E-state index in [1.54, 1.807) is 36.4 Å². The molecule has 1 saturated heterocycles. The normalized spacial score (nSPS) is 15.0. The summed E-state index contributed by atoms with van der Waals surface area (Å²) in [5, 5.41) is 36.3. The minimum absolute atomic E-state index is 0.00635. The Labute approximate surface area is 289 Å². The standard InChI is InChI=1S/C40H51N3O6/c44-35-20-18-33(34-19-21-37(46)42-38(34)35)36(45)28-41-24-12-4-2-1-3-5-13-25-43-26-22-30(23-27-43)29-49-39(47)40(48,31-14-8-6-9-15-31)32-16-10-7-11-17-32/h6-11,14-21,30,36,41,44-45,48H,1-5,12-13,22-29H2,(H,42,46). The van der Waals surface area contributed by atoms with Gasteiger partial charge in [-0.1, -0.05) is 98.8 Å². The number of nitrogens with one attached hydrogen (secondary N) is 2. The number of carbonyl (C=O) groups excluding carboxylic acids is 1. The Kier molecular flexibility index (Phi) is 13.4. The van der Waals surface area contributed by atoms with E-state index in [9.17, 15) is 24.9 Å². The van der Waals surface area contributed by atoms with Crippen molar-refractivity contribution in [3.8, 4) is 5.75 Å². The molecule has 0 spiro atoms. The molecule has 1 fully saturated rings. The number of phenols is 1. The Bertz CT molecular complexity index is 1610. The number of fused-ring (bicyclic) bond motifs is 1. The predicted octanol–water partition coefficient (Wildman–Crippen LogP) is 5.78.